The second kappa shape index (κ2) is 7.57. The summed E-state index contributed by atoms with van der Waals surface area (Å²) in [5.41, 5.74) is 8.21. The monoisotopic (exact) mass is 334 g/mol. The van der Waals surface area contributed by atoms with Gasteiger partial charge in [0.15, 0.2) is 0 Å². The highest BCUT2D eigenvalue weighted by Crippen LogP contribution is 2.19. The van der Waals surface area contributed by atoms with Crippen molar-refractivity contribution in [2.24, 2.45) is 5.73 Å². The van der Waals surface area contributed by atoms with Gasteiger partial charge in [-0.25, -0.2) is 0 Å². The van der Waals surface area contributed by atoms with Gasteiger partial charge in [-0.15, -0.1) is 0 Å². The van der Waals surface area contributed by atoms with E-state index in [-0.39, 0.29) is 11.0 Å². The molecule has 1 aliphatic rings. The maximum atomic E-state index is 12.2. The minimum atomic E-state index is 0.136. The van der Waals surface area contributed by atoms with Crippen molar-refractivity contribution in [3.8, 4) is 0 Å². The second-order valence-electron chi connectivity index (χ2n) is 6.32. The summed E-state index contributed by atoms with van der Waals surface area (Å²) in [5.74, 6) is 0. The molecule has 0 saturated carbocycles. The van der Waals surface area contributed by atoms with Crippen molar-refractivity contribution >= 4 is 21.6 Å². The molecule has 0 radical (unpaired) electrons. The molecule has 0 aliphatic carbocycles. The fourth-order valence-electron chi connectivity index (χ4n) is 3.25. The predicted octanol–water partition coefficient (Wildman–Crippen LogP) is 1.64. The quantitative estimate of drug-likeness (QED) is 0.673. The van der Waals surface area contributed by atoms with Gasteiger partial charge in [-0.2, -0.15) is 0 Å². The van der Waals surface area contributed by atoms with Gasteiger partial charge in [-0.1, -0.05) is 30.7 Å². The number of nitrogens with zero attached hydrogens (tertiary/aromatic N) is 1. The van der Waals surface area contributed by atoms with Crippen molar-refractivity contribution in [2.45, 2.75) is 51.4 Å². The maximum Gasteiger partial charge on any atom is 0.308 e. The highest BCUT2D eigenvalue weighted by molar-refractivity contribution is 7.16. The minimum absolute atomic E-state index is 0.136. The number of aryl methyl sites for hydroxylation is 1. The first-order valence-electron chi connectivity index (χ1n) is 8.52. The number of fused-ring (bicyclic) bond motifs is 1. The fourth-order valence-corrected chi connectivity index (χ4v) is 4.23. The minimum Gasteiger partial charge on any atom is -0.316 e. The Kier molecular flexibility index (Phi) is 5.48. The molecule has 3 rings (SSSR count). The number of thiazole rings is 1. The molecule has 1 aromatic heterocycles. The third kappa shape index (κ3) is 4.01. The van der Waals surface area contributed by atoms with Gasteiger partial charge in [0, 0.05) is 25.7 Å². The number of hydrogen-bond donors (Lipinski definition) is 3. The lowest BCUT2D eigenvalue weighted by Gasteiger charge is -2.13. The van der Waals surface area contributed by atoms with Gasteiger partial charge in [-0.3, -0.25) is 14.7 Å². The van der Waals surface area contributed by atoms with E-state index in [1.165, 1.54) is 16.9 Å². The zero-order valence-corrected chi connectivity index (χ0v) is 14.5. The molecule has 6 heteroatoms. The standard InChI is InChI=1S/C17H26N4OS/c1-2-3-12-4-6-14-15(10-12)23-17(22)21(14)9-8-19-11-13-5-7-16(18)20-13/h4,6,10,13,16,19-20H,2-3,5,7-9,11,18H2,1H3. The smallest absolute Gasteiger partial charge is 0.308 e. The highest BCUT2D eigenvalue weighted by atomic mass is 32.1. The normalized spacial score (nSPS) is 21.3. The predicted molar refractivity (Wildman–Crippen MR) is 97.1 cm³/mol. The molecule has 1 aromatic carbocycles. The zero-order chi connectivity index (χ0) is 16.2. The van der Waals surface area contributed by atoms with Crippen molar-refractivity contribution in [1.82, 2.24) is 15.2 Å². The molecular formula is C17H26N4OS. The summed E-state index contributed by atoms with van der Waals surface area (Å²) in [4.78, 5) is 12.4. The Morgan fingerprint density at radius 1 is 1.43 bits per heavy atom. The van der Waals surface area contributed by atoms with Crippen LogP contribution in [-0.4, -0.2) is 29.9 Å². The van der Waals surface area contributed by atoms with Crippen LogP contribution in [0.5, 0.6) is 0 Å². The number of aromatic nitrogens is 1. The van der Waals surface area contributed by atoms with Gasteiger partial charge < -0.3 is 11.1 Å². The topological polar surface area (TPSA) is 72.1 Å². The average molecular weight is 334 g/mol. The largest absolute Gasteiger partial charge is 0.316 e. The van der Waals surface area contributed by atoms with Crippen LogP contribution in [0, 0.1) is 0 Å². The van der Waals surface area contributed by atoms with Crippen molar-refractivity contribution in [3.63, 3.8) is 0 Å². The Labute approximate surface area is 140 Å². The average Bonchev–Trinajstić information content (AvgIpc) is 3.07. The van der Waals surface area contributed by atoms with Crippen LogP contribution < -0.4 is 21.2 Å². The SMILES string of the molecule is CCCc1ccc2c(c1)sc(=O)n2CCNCC1CCC(N)N1. The molecule has 2 aromatic rings. The van der Waals surface area contributed by atoms with Gasteiger partial charge in [0.25, 0.3) is 0 Å². The molecule has 2 unspecified atom stereocenters. The zero-order valence-electron chi connectivity index (χ0n) is 13.7. The van der Waals surface area contributed by atoms with Gasteiger partial charge in [-0.05, 0) is 37.0 Å². The van der Waals surface area contributed by atoms with E-state index in [1.807, 2.05) is 4.57 Å². The molecule has 1 aliphatic heterocycles. The molecule has 2 atom stereocenters. The van der Waals surface area contributed by atoms with E-state index in [0.717, 1.165) is 49.0 Å². The Morgan fingerprint density at radius 2 is 2.30 bits per heavy atom. The van der Waals surface area contributed by atoms with Crippen LogP contribution >= 0.6 is 11.3 Å². The summed E-state index contributed by atoms with van der Waals surface area (Å²) in [7, 11) is 0. The van der Waals surface area contributed by atoms with Crippen LogP contribution in [0.15, 0.2) is 23.0 Å². The van der Waals surface area contributed by atoms with Crippen molar-refractivity contribution in [3.05, 3.63) is 33.4 Å². The number of hydrogen-bond acceptors (Lipinski definition) is 5. The molecule has 23 heavy (non-hydrogen) atoms. The van der Waals surface area contributed by atoms with Gasteiger partial charge in [0.1, 0.15) is 0 Å². The lowest BCUT2D eigenvalue weighted by molar-refractivity contribution is 0.494. The van der Waals surface area contributed by atoms with Gasteiger partial charge in [0.2, 0.25) is 0 Å². The molecule has 0 spiro atoms. The fraction of sp³-hybridized carbons (Fsp3) is 0.588. The molecule has 4 N–H and O–H groups in total. The molecular weight excluding hydrogens is 308 g/mol. The summed E-state index contributed by atoms with van der Waals surface area (Å²) in [5, 5.41) is 6.79. The van der Waals surface area contributed by atoms with Gasteiger partial charge >= 0.3 is 4.87 Å². The number of nitrogens with two attached hydrogens (primary N) is 1. The van der Waals surface area contributed by atoms with E-state index < -0.39 is 0 Å². The highest BCUT2D eigenvalue weighted by Gasteiger charge is 2.19. The maximum absolute atomic E-state index is 12.2. The Morgan fingerprint density at radius 3 is 3.04 bits per heavy atom. The third-order valence-corrected chi connectivity index (χ3v) is 5.39. The number of benzene rings is 1. The molecule has 1 saturated heterocycles. The van der Waals surface area contributed by atoms with E-state index >= 15 is 0 Å². The number of rotatable bonds is 7. The Bertz CT molecular complexity index is 708. The van der Waals surface area contributed by atoms with Crippen molar-refractivity contribution < 1.29 is 0 Å². The first kappa shape index (κ1) is 16.6. The summed E-state index contributed by atoms with van der Waals surface area (Å²) < 4.78 is 2.99. The van der Waals surface area contributed by atoms with Crippen LogP contribution in [0.1, 0.15) is 31.7 Å². The van der Waals surface area contributed by atoms with Crippen molar-refractivity contribution in [2.75, 3.05) is 13.1 Å². The summed E-state index contributed by atoms with van der Waals surface area (Å²) in [6.07, 6.45) is 4.50. The van der Waals surface area contributed by atoms with E-state index in [2.05, 4.69) is 35.8 Å². The van der Waals surface area contributed by atoms with Crippen LogP contribution in [-0.2, 0) is 13.0 Å². The van der Waals surface area contributed by atoms with E-state index in [9.17, 15) is 4.79 Å². The molecule has 0 bridgehead atoms. The molecule has 2 heterocycles. The second-order valence-corrected chi connectivity index (χ2v) is 7.32. The van der Waals surface area contributed by atoms with Crippen LogP contribution in [0.3, 0.4) is 0 Å². The van der Waals surface area contributed by atoms with E-state index in [4.69, 9.17) is 5.73 Å². The first-order valence-corrected chi connectivity index (χ1v) is 9.33. The summed E-state index contributed by atoms with van der Waals surface area (Å²) >= 11 is 1.35. The van der Waals surface area contributed by atoms with Crippen LogP contribution in [0.4, 0.5) is 0 Å². The molecule has 5 nitrogen and oxygen atoms in total. The van der Waals surface area contributed by atoms with Crippen LogP contribution in [0.2, 0.25) is 0 Å². The summed E-state index contributed by atoms with van der Waals surface area (Å²) in [6.45, 7) is 4.60. The number of nitrogens with one attached hydrogen (secondary N) is 2. The lowest BCUT2D eigenvalue weighted by atomic mass is 10.1. The Balaban J connectivity index is 1.59. The first-order chi connectivity index (χ1) is 11.2. The van der Waals surface area contributed by atoms with E-state index in [1.54, 1.807) is 0 Å². The van der Waals surface area contributed by atoms with Crippen molar-refractivity contribution in [1.29, 1.82) is 0 Å². The molecule has 126 valence electrons. The van der Waals surface area contributed by atoms with E-state index in [0.29, 0.717) is 12.6 Å². The third-order valence-electron chi connectivity index (χ3n) is 4.45. The molecule has 0 amide bonds. The Hall–Kier alpha value is -1.21. The lowest BCUT2D eigenvalue weighted by Crippen LogP contribution is -2.41. The summed E-state index contributed by atoms with van der Waals surface area (Å²) in [6, 6.07) is 6.86. The molecule has 1 fully saturated rings. The van der Waals surface area contributed by atoms with Crippen LogP contribution in [0.25, 0.3) is 10.2 Å². The van der Waals surface area contributed by atoms with Gasteiger partial charge in [0.05, 0.1) is 16.4 Å².